The lowest BCUT2D eigenvalue weighted by atomic mass is 9.80. The van der Waals surface area contributed by atoms with E-state index in [1.165, 1.54) is 0 Å². The van der Waals surface area contributed by atoms with E-state index < -0.39 is 0 Å². The van der Waals surface area contributed by atoms with Crippen LogP contribution in [0, 0.1) is 0 Å². The Kier molecular flexibility index (Phi) is 4.47. The molecular weight excluding hydrogens is 310 g/mol. The van der Waals surface area contributed by atoms with Crippen LogP contribution in [0.2, 0.25) is 0 Å². The van der Waals surface area contributed by atoms with E-state index in [2.05, 4.69) is 21.2 Å². The summed E-state index contributed by atoms with van der Waals surface area (Å²) in [5.74, 6) is 0.430. The summed E-state index contributed by atoms with van der Waals surface area (Å²) >= 11 is 3.36. The minimum atomic E-state index is -0.168. The predicted octanol–water partition coefficient (Wildman–Crippen LogP) is 2.76. The Bertz CT molecular complexity index is 466. The number of benzene rings is 1. The molecule has 0 aliphatic heterocycles. The van der Waals surface area contributed by atoms with Crippen molar-refractivity contribution in [2.45, 2.75) is 24.9 Å². The molecule has 1 aliphatic carbocycles. The Morgan fingerprint density at radius 2 is 2.16 bits per heavy atom. The van der Waals surface area contributed by atoms with Crippen molar-refractivity contribution in [3.8, 4) is 5.75 Å². The number of hydrogen-bond acceptors (Lipinski definition) is 3. The lowest BCUT2D eigenvalue weighted by Gasteiger charge is -2.40. The second kappa shape index (κ2) is 5.92. The summed E-state index contributed by atoms with van der Waals surface area (Å²) in [6, 6.07) is 5.36. The summed E-state index contributed by atoms with van der Waals surface area (Å²) in [4.78, 5) is 12.2. The number of methoxy groups -OCH3 is 2. The van der Waals surface area contributed by atoms with Gasteiger partial charge in [-0.25, -0.2) is 0 Å². The molecule has 1 aromatic rings. The maximum atomic E-state index is 12.2. The Morgan fingerprint density at radius 3 is 2.68 bits per heavy atom. The molecule has 4 nitrogen and oxygen atoms in total. The number of hydrogen-bond donors (Lipinski definition) is 1. The van der Waals surface area contributed by atoms with E-state index in [0.717, 1.165) is 23.7 Å². The van der Waals surface area contributed by atoms with Gasteiger partial charge in [-0.1, -0.05) is 15.9 Å². The molecule has 5 heteroatoms. The molecule has 0 unspecified atom stereocenters. The highest BCUT2D eigenvalue weighted by molar-refractivity contribution is 9.10. The van der Waals surface area contributed by atoms with Crippen molar-refractivity contribution in [3.63, 3.8) is 0 Å². The quantitative estimate of drug-likeness (QED) is 0.904. The number of halogens is 1. The number of amides is 1. The van der Waals surface area contributed by atoms with Gasteiger partial charge in [-0.15, -0.1) is 0 Å². The maximum Gasteiger partial charge on any atom is 0.255 e. The third kappa shape index (κ3) is 3.09. The number of carbonyl (C=O) groups excluding carboxylic acids is 1. The maximum absolute atomic E-state index is 12.2. The topological polar surface area (TPSA) is 47.6 Å². The van der Waals surface area contributed by atoms with E-state index in [4.69, 9.17) is 9.47 Å². The monoisotopic (exact) mass is 327 g/mol. The van der Waals surface area contributed by atoms with Crippen LogP contribution >= 0.6 is 15.9 Å². The second-order valence-corrected chi connectivity index (χ2v) is 5.68. The first kappa shape index (κ1) is 14.3. The SMILES string of the molecule is COc1cc(Br)ccc1C(=O)NCC1(OC)CCC1. The molecule has 0 saturated heterocycles. The molecule has 1 N–H and O–H groups in total. The standard InChI is InChI=1S/C14H18BrNO3/c1-18-12-8-10(15)4-5-11(12)13(17)16-9-14(19-2)6-3-7-14/h4-5,8H,3,6-7,9H2,1-2H3,(H,16,17). The third-order valence-electron chi connectivity index (χ3n) is 3.68. The zero-order chi connectivity index (χ0) is 13.9. The van der Waals surface area contributed by atoms with Crippen LogP contribution in [0.5, 0.6) is 5.75 Å². The molecule has 1 saturated carbocycles. The number of carbonyl (C=O) groups is 1. The Balaban J connectivity index is 2.03. The molecule has 2 rings (SSSR count). The van der Waals surface area contributed by atoms with Crippen molar-refractivity contribution in [1.82, 2.24) is 5.32 Å². The molecule has 1 aliphatic rings. The molecule has 0 radical (unpaired) electrons. The van der Waals surface area contributed by atoms with Gasteiger partial charge in [-0.05, 0) is 37.5 Å². The first-order valence-electron chi connectivity index (χ1n) is 6.27. The van der Waals surface area contributed by atoms with E-state index >= 15 is 0 Å². The van der Waals surface area contributed by atoms with Crippen LogP contribution in [0.25, 0.3) is 0 Å². The summed E-state index contributed by atoms with van der Waals surface area (Å²) in [6.07, 6.45) is 3.16. The van der Waals surface area contributed by atoms with Gasteiger partial charge in [-0.3, -0.25) is 4.79 Å². The Hall–Kier alpha value is -1.07. The van der Waals surface area contributed by atoms with E-state index in [1.807, 2.05) is 6.07 Å². The minimum Gasteiger partial charge on any atom is -0.496 e. The summed E-state index contributed by atoms with van der Waals surface area (Å²) in [6.45, 7) is 0.543. The van der Waals surface area contributed by atoms with Gasteiger partial charge in [0.05, 0.1) is 18.3 Å². The second-order valence-electron chi connectivity index (χ2n) is 4.77. The zero-order valence-corrected chi connectivity index (χ0v) is 12.7. The average Bonchev–Trinajstić information content (AvgIpc) is 2.37. The van der Waals surface area contributed by atoms with E-state index in [0.29, 0.717) is 17.9 Å². The minimum absolute atomic E-state index is 0.132. The number of ether oxygens (including phenoxy) is 2. The Morgan fingerprint density at radius 1 is 1.42 bits per heavy atom. The first-order chi connectivity index (χ1) is 9.10. The fraction of sp³-hybridized carbons (Fsp3) is 0.500. The van der Waals surface area contributed by atoms with Crippen LogP contribution in [0.1, 0.15) is 29.6 Å². The summed E-state index contributed by atoms with van der Waals surface area (Å²) in [7, 11) is 3.26. The van der Waals surface area contributed by atoms with Crippen LogP contribution in [-0.2, 0) is 4.74 Å². The van der Waals surface area contributed by atoms with Crippen molar-refractivity contribution < 1.29 is 14.3 Å². The van der Waals surface area contributed by atoms with Crippen molar-refractivity contribution in [2.75, 3.05) is 20.8 Å². The van der Waals surface area contributed by atoms with Crippen molar-refractivity contribution in [1.29, 1.82) is 0 Å². The lowest BCUT2D eigenvalue weighted by molar-refractivity contribution is -0.0679. The smallest absolute Gasteiger partial charge is 0.255 e. The summed E-state index contributed by atoms with van der Waals surface area (Å²) in [5, 5.41) is 2.93. The molecule has 0 heterocycles. The van der Waals surface area contributed by atoms with Gasteiger partial charge in [-0.2, -0.15) is 0 Å². The van der Waals surface area contributed by atoms with Crippen LogP contribution in [0.4, 0.5) is 0 Å². The summed E-state index contributed by atoms with van der Waals surface area (Å²) in [5.41, 5.74) is 0.370. The number of nitrogens with one attached hydrogen (secondary N) is 1. The fourth-order valence-electron chi connectivity index (χ4n) is 2.21. The van der Waals surface area contributed by atoms with Crippen LogP contribution < -0.4 is 10.1 Å². The molecule has 104 valence electrons. The third-order valence-corrected chi connectivity index (χ3v) is 4.17. The highest BCUT2D eigenvalue weighted by atomic mass is 79.9. The molecule has 0 aromatic heterocycles. The molecule has 0 atom stereocenters. The van der Waals surface area contributed by atoms with Crippen LogP contribution in [0.3, 0.4) is 0 Å². The first-order valence-corrected chi connectivity index (χ1v) is 7.06. The van der Waals surface area contributed by atoms with Gasteiger partial charge in [0.25, 0.3) is 5.91 Å². The zero-order valence-electron chi connectivity index (χ0n) is 11.2. The molecular formula is C14H18BrNO3. The van der Waals surface area contributed by atoms with Crippen molar-refractivity contribution in [2.24, 2.45) is 0 Å². The Labute approximate surface area is 121 Å². The fourth-order valence-corrected chi connectivity index (χ4v) is 2.55. The van der Waals surface area contributed by atoms with Crippen molar-refractivity contribution in [3.05, 3.63) is 28.2 Å². The highest BCUT2D eigenvalue weighted by Gasteiger charge is 2.37. The van der Waals surface area contributed by atoms with Crippen molar-refractivity contribution >= 4 is 21.8 Å². The average molecular weight is 328 g/mol. The normalized spacial score (nSPS) is 16.6. The molecule has 1 amide bonds. The van der Waals surface area contributed by atoms with Crippen LogP contribution in [0.15, 0.2) is 22.7 Å². The predicted molar refractivity (Wildman–Crippen MR) is 76.6 cm³/mol. The molecule has 1 fully saturated rings. The van der Waals surface area contributed by atoms with Crippen LogP contribution in [-0.4, -0.2) is 32.3 Å². The van der Waals surface area contributed by atoms with Gasteiger partial charge in [0.15, 0.2) is 0 Å². The van der Waals surface area contributed by atoms with E-state index in [1.54, 1.807) is 26.4 Å². The molecule has 0 spiro atoms. The number of rotatable bonds is 5. The highest BCUT2D eigenvalue weighted by Crippen LogP contribution is 2.34. The van der Waals surface area contributed by atoms with Gasteiger partial charge in [0.2, 0.25) is 0 Å². The molecule has 19 heavy (non-hydrogen) atoms. The largest absolute Gasteiger partial charge is 0.496 e. The van der Waals surface area contributed by atoms with Gasteiger partial charge in [0, 0.05) is 18.1 Å². The molecule has 1 aromatic carbocycles. The van der Waals surface area contributed by atoms with Gasteiger partial charge >= 0.3 is 0 Å². The van der Waals surface area contributed by atoms with E-state index in [9.17, 15) is 4.79 Å². The molecule has 0 bridgehead atoms. The van der Waals surface area contributed by atoms with Gasteiger partial charge in [0.1, 0.15) is 5.75 Å². The van der Waals surface area contributed by atoms with E-state index in [-0.39, 0.29) is 11.5 Å². The lowest BCUT2D eigenvalue weighted by Crippen LogP contribution is -2.49. The van der Waals surface area contributed by atoms with Gasteiger partial charge < -0.3 is 14.8 Å². The summed E-state index contributed by atoms with van der Waals surface area (Å²) < 4.78 is 11.6.